The van der Waals surface area contributed by atoms with Crippen molar-refractivity contribution in [2.45, 2.75) is 12.4 Å². The molecule has 0 aliphatic rings. The van der Waals surface area contributed by atoms with Gasteiger partial charge < -0.3 is 28.4 Å². The lowest BCUT2D eigenvalue weighted by molar-refractivity contribution is -0.143. The highest BCUT2D eigenvalue weighted by atomic mass is 19.4. The van der Waals surface area contributed by atoms with Crippen LogP contribution in [0.25, 0.3) is 16.7 Å². The molecule has 1 aromatic heterocycles. The summed E-state index contributed by atoms with van der Waals surface area (Å²) in [6.07, 6.45) is -10.2. The van der Waals surface area contributed by atoms with Gasteiger partial charge in [-0.25, -0.2) is 0 Å². The number of nitrogens with zero attached hydrogens (tertiary/aromatic N) is 3. The van der Waals surface area contributed by atoms with Crippen molar-refractivity contribution >= 4 is 11.0 Å². The van der Waals surface area contributed by atoms with Crippen LogP contribution in [-0.4, -0.2) is 57.7 Å². The van der Waals surface area contributed by atoms with Crippen LogP contribution in [0.2, 0.25) is 0 Å². The van der Waals surface area contributed by atoms with E-state index in [4.69, 9.17) is 28.4 Å². The maximum Gasteiger partial charge on any atom is 0.416 e. The lowest BCUT2D eigenvalue weighted by Gasteiger charge is -2.13. The summed E-state index contributed by atoms with van der Waals surface area (Å²) in [5.41, 5.74) is -2.18. The van der Waals surface area contributed by atoms with Crippen molar-refractivity contribution in [2.75, 3.05) is 42.7 Å². The monoisotopic (exact) mass is 711 g/mol. The molecule has 0 bridgehead atoms. The fourth-order valence-corrected chi connectivity index (χ4v) is 4.95. The Bertz CT molecular complexity index is 2040. The Morgan fingerprint density at radius 3 is 1.14 bits per heavy atom. The molecule has 0 fully saturated rings. The number of rotatable bonds is 7. The van der Waals surface area contributed by atoms with E-state index in [1.807, 2.05) is 0 Å². The van der Waals surface area contributed by atoms with Gasteiger partial charge in [-0.1, -0.05) is 23.7 Å². The second kappa shape index (κ2) is 14.3. The third-order valence-corrected chi connectivity index (χ3v) is 7.36. The smallest absolute Gasteiger partial charge is 0.416 e. The summed E-state index contributed by atoms with van der Waals surface area (Å²) in [7, 11) is 8.64. The van der Waals surface area contributed by atoms with Crippen LogP contribution in [-0.2, 0) is 12.4 Å². The van der Waals surface area contributed by atoms with E-state index in [9.17, 15) is 26.3 Å². The summed E-state index contributed by atoms with van der Waals surface area (Å²) < 4.78 is 115. The van der Waals surface area contributed by atoms with E-state index < -0.39 is 29.2 Å². The highest BCUT2D eigenvalue weighted by Gasteiger charge is 2.37. The minimum Gasteiger partial charge on any atom is -0.493 e. The van der Waals surface area contributed by atoms with Gasteiger partial charge in [-0.2, -0.15) is 31.1 Å². The maximum atomic E-state index is 13.7. The normalized spacial score (nSPS) is 11.2. The number of benzene rings is 4. The second-order valence-electron chi connectivity index (χ2n) is 10.4. The van der Waals surface area contributed by atoms with E-state index in [-0.39, 0.29) is 28.2 Å². The number of aromatic nitrogens is 3. The zero-order chi connectivity index (χ0) is 37.1. The van der Waals surface area contributed by atoms with Gasteiger partial charge in [0, 0.05) is 11.1 Å². The van der Waals surface area contributed by atoms with Crippen molar-refractivity contribution < 1.29 is 54.8 Å². The first-order valence-electron chi connectivity index (χ1n) is 14.6. The van der Waals surface area contributed by atoms with Gasteiger partial charge in [0.05, 0.1) is 70.6 Å². The van der Waals surface area contributed by atoms with Crippen molar-refractivity contribution in [1.82, 2.24) is 15.0 Å². The molecule has 0 saturated heterocycles. The van der Waals surface area contributed by atoms with E-state index in [1.165, 1.54) is 42.7 Å². The highest BCUT2D eigenvalue weighted by molar-refractivity contribution is 5.87. The number of hydrogen-bond donors (Lipinski definition) is 0. The Morgan fingerprint density at radius 1 is 0.490 bits per heavy atom. The summed E-state index contributed by atoms with van der Waals surface area (Å²) >= 11 is 0. The first-order chi connectivity index (χ1) is 24.2. The lowest BCUT2D eigenvalue weighted by Crippen LogP contribution is -2.13. The van der Waals surface area contributed by atoms with Crippen molar-refractivity contribution in [3.8, 4) is 63.9 Å². The second-order valence-corrected chi connectivity index (χ2v) is 10.4. The van der Waals surface area contributed by atoms with Crippen molar-refractivity contribution in [3.05, 3.63) is 88.0 Å². The van der Waals surface area contributed by atoms with Crippen molar-refractivity contribution in [1.29, 1.82) is 0 Å². The molecule has 1 heterocycles. The molecule has 15 heteroatoms. The summed E-state index contributed by atoms with van der Waals surface area (Å²) in [6, 6.07) is 10.6. The molecule has 0 aliphatic heterocycles. The van der Waals surface area contributed by atoms with Crippen LogP contribution >= 0.6 is 0 Å². The minimum atomic E-state index is -5.09. The average Bonchev–Trinajstić information content (AvgIpc) is 3.57. The summed E-state index contributed by atoms with van der Waals surface area (Å²) in [5, 5.41) is 8.61. The minimum absolute atomic E-state index is 0.0231. The molecule has 5 aromatic rings. The van der Waals surface area contributed by atoms with E-state index in [2.05, 4.69) is 33.9 Å². The maximum absolute atomic E-state index is 13.7. The molecule has 5 rings (SSSR count). The molecule has 0 saturated carbocycles. The standard InChI is InChI=1S/C36H27F6N3O6/c1-46-27-13-20(14-28(47-2)33(27)50-5)7-9-22-11-12-23(10-8-21-15-29(48-3)34(51-6)30(16-21)49-4)32-31(22)43-45(44-32)26-18-24(35(37,38)39)17-25(19-26)36(40,41)42/h11-19H,1-6H3. The zero-order valence-electron chi connectivity index (χ0n) is 27.8. The summed E-state index contributed by atoms with van der Waals surface area (Å²) in [5.74, 6) is 13.8. The Labute approximate surface area is 287 Å². The van der Waals surface area contributed by atoms with Crippen LogP contribution < -0.4 is 28.4 Å². The number of alkyl halides is 6. The molecule has 0 N–H and O–H groups in total. The number of fused-ring (bicyclic) bond motifs is 1. The van der Waals surface area contributed by atoms with E-state index >= 15 is 0 Å². The Balaban J connectivity index is 1.73. The van der Waals surface area contributed by atoms with Crippen LogP contribution in [0, 0.1) is 23.7 Å². The van der Waals surface area contributed by atoms with Crippen molar-refractivity contribution in [3.63, 3.8) is 0 Å². The third-order valence-electron chi connectivity index (χ3n) is 7.36. The van der Waals surface area contributed by atoms with Gasteiger partial charge in [0.25, 0.3) is 0 Å². The van der Waals surface area contributed by atoms with Crippen molar-refractivity contribution in [2.24, 2.45) is 0 Å². The first-order valence-corrected chi connectivity index (χ1v) is 14.6. The molecular weight excluding hydrogens is 684 g/mol. The number of hydrogen-bond acceptors (Lipinski definition) is 8. The van der Waals surface area contributed by atoms with E-state index in [0.29, 0.717) is 62.6 Å². The molecule has 51 heavy (non-hydrogen) atoms. The summed E-state index contributed by atoms with van der Waals surface area (Å²) in [4.78, 5) is 0.685. The van der Waals surface area contributed by atoms with Crippen LogP contribution in [0.1, 0.15) is 33.4 Å². The number of ether oxygens (including phenoxy) is 6. The van der Waals surface area contributed by atoms with Gasteiger partial charge in [-0.05, 0) is 54.6 Å². The molecular formula is C36H27F6N3O6. The average molecular weight is 712 g/mol. The van der Waals surface area contributed by atoms with E-state index in [1.54, 1.807) is 36.4 Å². The van der Waals surface area contributed by atoms with Gasteiger partial charge in [-0.3, -0.25) is 0 Å². The first kappa shape index (κ1) is 36.1. The SMILES string of the molecule is COc1cc(C#Cc2ccc(C#Cc3cc(OC)c(OC)c(OC)c3)c3nn(-c4cc(C(F)(F)F)cc(C(F)(F)F)c4)nc23)cc(OC)c1OC. The Hall–Kier alpha value is -6.22. The quantitative estimate of drug-likeness (QED) is 0.128. The molecule has 0 unspecified atom stereocenters. The van der Waals surface area contributed by atoms with Gasteiger partial charge in [-0.15, -0.1) is 10.2 Å². The fraction of sp³-hybridized carbons (Fsp3) is 0.222. The van der Waals surface area contributed by atoms with Crippen LogP contribution in [0.3, 0.4) is 0 Å². The molecule has 0 atom stereocenters. The summed E-state index contributed by atoms with van der Waals surface area (Å²) in [6.45, 7) is 0. The van der Waals surface area contributed by atoms with Crippen LogP contribution in [0.15, 0.2) is 54.6 Å². The lowest BCUT2D eigenvalue weighted by atomic mass is 10.1. The molecule has 4 aromatic carbocycles. The molecule has 0 amide bonds. The van der Waals surface area contributed by atoms with Gasteiger partial charge >= 0.3 is 12.4 Å². The Morgan fingerprint density at radius 2 is 0.843 bits per heavy atom. The number of halogens is 6. The van der Waals surface area contributed by atoms with Crippen LogP contribution in [0.5, 0.6) is 34.5 Å². The predicted molar refractivity (Wildman–Crippen MR) is 173 cm³/mol. The number of methoxy groups -OCH3 is 6. The topological polar surface area (TPSA) is 86.1 Å². The zero-order valence-corrected chi connectivity index (χ0v) is 27.8. The van der Waals surface area contributed by atoms with Gasteiger partial charge in [0.1, 0.15) is 11.0 Å². The van der Waals surface area contributed by atoms with Gasteiger partial charge in [0.15, 0.2) is 23.0 Å². The predicted octanol–water partition coefficient (Wildman–Crippen LogP) is 7.31. The van der Waals surface area contributed by atoms with Gasteiger partial charge in [0.2, 0.25) is 11.5 Å². The third kappa shape index (κ3) is 7.52. The molecule has 0 radical (unpaired) electrons. The molecule has 264 valence electrons. The molecule has 0 aliphatic carbocycles. The van der Waals surface area contributed by atoms with Crippen LogP contribution in [0.4, 0.5) is 26.3 Å². The largest absolute Gasteiger partial charge is 0.493 e. The van der Waals surface area contributed by atoms with E-state index in [0.717, 1.165) is 0 Å². The molecule has 9 nitrogen and oxygen atoms in total. The molecule has 0 spiro atoms. The highest BCUT2D eigenvalue weighted by Crippen LogP contribution is 2.40. The Kier molecular flexibility index (Phi) is 10.1. The fourth-order valence-electron chi connectivity index (χ4n) is 4.95.